The smallest absolute Gasteiger partial charge is 0.321 e. The van der Waals surface area contributed by atoms with E-state index in [1.54, 1.807) is 17.0 Å². The van der Waals surface area contributed by atoms with Crippen LogP contribution in [-0.4, -0.2) is 46.9 Å². The fourth-order valence-corrected chi connectivity index (χ4v) is 5.56. The number of amides is 2. The van der Waals surface area contributed by atoms with Crippen molar-refractivity contribution in [3.8, 4) is 0 Å². The van der Waals surface area contributed by atoms with Gasteiger partial charge >= 0.3 is 6.03 Å². The van der Waals surface area contributed by atoms with Crippen LogP contribution in [0, 0.1) is 6.92 Å². The summed E-state index contributed by atoms with van der Waals surface area (Å²) < 4.78 is 6.45. The molecule has 1 aliphatic carbocycles. The van der Waals surface area contributed by atoms with Crippen molar-refractivity contribution in [3.05, 3.63) is 70.1 Å². The second kappa shape index (κ2) is 7.57. The number of ether oxygens (including phenoxy) is 1. The number of hydrogen-bond donors (Lipinski definition) is 1. The first-order valence-corrected chi connectivity index (χ1v) is 11.3. The zero-order valence-corrected chi connectivity index (χ0v) is 18.0. The quantitative estimate of drug-likeness (QED) is 0.679. The lowest BCUT2D eigenvalue weighted by atomic mass is 9.90. The maximum Gasteiger partial charge on any atom is 0.321 e. The number of benzene rings is 2. The van der Waals surface area contributed by atoms with Crippen LogP contribution in [-0.2, 0) is 9.53 Å². The van der Waals surface area contributed by atoms with E-state index < -0.39 is 17.2 Å². The lowest BCUT2D eigenvalue weighted by Gasteiger charge is -2.45. The number of carbonyl (C=O) groups is 3. The number of anilines is 1. The number of fused-ring (bicyclic) bond motifs is 2. The Kier molecular flexibility index (Phi) is 4.85. The van der Waals surface area contributed by atoms with E-state index in [0.29, 0.717) is 53.5 Å². The molecule has 5 rings (SSSR count). The molecule has 3 aliphatic rings. The summed E-state index contributed by atoms with van der Waals surface area (Å²) in [6.07, 6.45) is 1.34. The van der Waals surface area contributed by atoms with E-state index in [2.05, 4.69) is 5.32 Å². The Morgan fingerprint density at radius 2 is 1.77 bits per heavy atom. The van der Waals surface area contributed by atoms with Crippen LogP contribution in [0.2, 0.25) is 0 Å². The maximum absolute atomic E-state index is 12.7. The zero-order valence-electron chi connectivity index (χ0n) is 17.1. The van der Waals surface area contributed by atoms with Gasteiger partial charge in [0.2, 0.25) is 11.6 Å². The number of nitrogens with one attached hydrogen (secondary N) is 1. The van der Waals surface area contributed by atoms with E-state index in [-0.39, 0.29) is 6.03 Å². The van der Waals surface area contributed by atoms with E-state index in [9.17, 15) is 14.4 Å². The SMILES string of the molecule is Cc1cccc(NC(=O)N2CCC3(CC2)CSC2=C(O3)c3ccccc3C(=O)C2=O)c1. The third kappa shape index (κ3) is 3.53. The van der Waals surface area contributed by atoms with Gasteiger partial charge in [-0.15, -0.1) is 11.8 Å². The van der Waals surface area contributed by atoms with Crippen LogP contribution >= 0.6 is 11.8 Å². The number of carbonyl (C=O) groups excluding carboxylic acids is 3. The average Bonchev–Trinajstić information content (AvgIpc) is 2.78. The molecule has 1 fully saturated rings. The van der Waals surface area contributed by atoms with Crippen molar-refractivity contribution in [1.82, 2.24) is 4.90 Å². The van der Waals surface area contributed by atoms with E-state index >= 15 is 0 Å². The number of urea groups is 1. The molecule has 1 spiro atoms. The molecule has 0 atom stereocenters. The molecule has 2 amide bonds. The molecular formula is C24H22N2O4S. The van der Waals surface area contributed by atoms with Crippen LogP contribution in [0.3, 0.4) is 0 Å². The van der Waals surface area contributed by atoms with Crippen molar-refractivity contribution < 1.29 is 19.1 Å². The van der Waals surface area contributed by atoms with E-state index in [4.69, 9.17) is 4.74 Å². The van der Waals surface area contributed by atoms with Gasteiger partial charge in [-0.1, -0.05) is 36.4 Å². The highest BCUT2D eigenvalue weighted by Gasteiger charge is 2.46. The second-order valence-electron chi connectivity index (χ2n) is 8.22. The first kappa shape index (κ1) is 19.9. The predicted octanol–water partition coefficient (Wildman–Crippen LogP) is 4.26. The largest absolute Gasteiger partial charge is 0.484 e. The molecule has 2 aromatic rings. The van der Waals surface area contributed by atoms with Crippen LogP contribution in [0.1, 0.15) is 34.3 Å². The Balaban J connectivity index is 1.31. The molecule has 1 N–H and O–H groups in total. The molecule has 31 heavy (non-hydrogen) atoms. The summed E-state index contributed by atoms with van der Waals surface area (Å²) in [4.78, 5) is 39.9. The Morgan fingerprint density at radius 1 is 1.03 bits per heavy atom. The van der Waals surface area contributed by atoms with Gasteiger partial charge in [-0.2, -0.15) is 0 Å². The van der Waals surface area contributed by atoms with Gasteiger partial charge < -0.3 is 15.0 Å². The topological polar surface area (TPSA) is 75.7 Å². The number of nitrogens with zero attached hydrogens (tertiary/aromatic N) is 1. The molecule has 0 radical (unpaired) electrons. The van der Waals surface area contributed by atoms with Gasteiger partial charge in [-0.3, -0.25) is 9.59 Å². The van der Waals surface area contributed by atoms with E-state index in [1.165, 1.54) is 11.8 Å². The zero-order chi connectivity index (χ0) is 21.6. The molecule has 6 nitrogen and oxygen atoms in total. The second-order valence-corrected chi connectivity index (χ2v) is 9.21. The molecular weight excluding hydrogens is 412 g/mol. The molecule has 158 valence electrons. The lowest BCUT2D eigenvalue weighted by molar-refractivity contribution is -0.111. The molecule has 1 saturated heterocycles. The summed E-state index contributed by atoms with van der Waals surface area (Å²) in [5.41, 5.74) is 2.52. The van der Waals surface area contributed by atoms with Gasteiger partial charge in [0, 0.05) is 48.5 Å². The predicted molar refractivity (Wildman–Crippen MR) is 120 cm³/mol. The summed E-state index contributed by atoms with van der Waals surface area (Å²) in [6.45, 7) is 3.12. The Labute approximate surface area is 184 Å². The molecule has 0 aromatic heterocycles. The summed E-state index contributed by atoms with van der Waals surface area (Å²) in [5.74, 6) is 0.169. The third-order valence-electron chi connectivity index (χ3n) is 6.06. The number of piperidine rings is 1. The summed E-state index contributed by atoms with van der Waals surface area (Å²) in [7, 11) is 0. The molecule has 2 aromatic carbocycles. The highest BCUT2D eigenvalue weighted by Crippen LogP contribution is 2.47. The van der Waals surface area contributed by atoms with Crippen molar-refractivity contribution in [1.29, 1.82) is 0 Å². The highest BCUT2D eigenvalue weighted by atomic mass is 32.2. The summed E-state index contributed by atoms with van der Waals surface area (Å²) in [6, 6.07) is 14.7. The monoisotopic (exact) mass is 434 g/mol. The standard InChI is InChI=1S/C24H22N2O4S/c1-15-5-4-6-16(13-15)25-23(29)26-11-9-24(10-12-26)14-31-22-20(28)19(27)17-7-2-3-8-18(17)21(22)30-24/h2-8,13H,9-12,14H2,1H3,(H,25,29). The van der Waals surface area contributed by atoms with E-state index in [1.807, 2.05) is 43.3 Å². The van der Waals surface area contributed by atoms with Gasteiger partial charge in [-0.25, -0.2) is 4.79 Å². The average molecular weight is 435 g/mol. The number of aryl methyl sites for hydroxylation is 1. The van der Waals surface area contributed by atoms with Gasteiger partial charge in [0.05, 0.1) is 0 Å². The van der Waals surface area contributed by atoms with Crippen molar-refractivity contribution in [2.24, 2.45) is 0 Å². The first-order valence-electron chi connectivity index (χ1n) is 10.3. The van der Waals surface area contributed by atoms with Crippen molar-refractivity contribution in [2.75, 3.05) is 24.2 Å². The van der Waals surface area contributed by atoms with Gasteiger partial charge in [0.25, 0.3) is 0 Å². The Morgan fingerprint density at radius 3 is 2.52 bits per heavy atom. The molecule has 2 heterocycles. The van der Waals surface area contributed by atoms with E-state index in [0.717, 1.165) is 11.3 Å². The van der Waals surface area contributed by atoms with Crippen LogP contribution in [0.15, 0.2) is 53.4 Å². The van der Waals surface area contributed by atoms with Crippen LogP contribution in [0.25, 0.3) is 5.76 Å². The van der Waals surface area contributed by atoms with Crippen LogP contribution in [0.5, 0.6) is 0 Å². The fraction of sp³-hybridized carbons (Fsp3) is 0.292. The molecule has 0 saturated carbocycles. The fourth-order valence-electron chi connectivity index (χ4n) is 4.30. The minimum Gasteiger partial charge on any atom is -0.484 e. The minimum absolute atomic E-state index is 0.118. The highest BCUT2D eigenvalue weighted by molar-refractivity contribution is 8.04. The molecule has 0 bridgehead atoms. The lowest BCUT2D eigenvalue weighted by Crippen LogP contribution is -2.51. The number of allylic oxidation sites excluding steroid dienone is 1. The number of rotatable bonds is 1. The number of likely N-dealkylation sites (tertiary alicyclic amines) is 1. The van der Waals surface area contributed by atoms with Gasteiger partial charge in [0.1, 0.15) is 16.3 Å². The van der Waals surface area contributed by atoms with Crippen molar-refractivity contribution in [2.45, 2.75) is 25.4 Å². The minimum atomic E-state index is -0.483. The number of Topliss-reactive ketones (excluding diaryl/α,β-unsaturated/α-hetero) is 2. The molecule has 0 unspecified atom stereocenters. The summed E-state index contributed by atoms with van der Waals surface area (Å²) in [5, 5.41) is 2.96. The third-order valence-corrected chi connectivity index (χ3v) is 7.39. The Hall–Kier alpha value is -3.06. The molecule has 2 aliphatic heterocycles. The van der Waals surface area contributed by atoms with Gasteiger partial charge in [0.15, 0.2) is 0 Å². The normalized spacial score (nSPS) is 19.6. The Bertz CT molecular complexity index is 1130. The number of hydrogen-bond acceptors (Lipinski definition) is 5. The van der Waals surface area contributed by atoms with Crippen LogP contribution in [0.4, 0.5) is 10.5 Å². The number of ketones is 2. The number of thioether (sulfide) groups is 1. The van der Waals surface area contributed by atoms with Crippen LogP contribution < -0.4 is 5.32 Å². The summed E-state index contributed by atoms with van der Waals surface area (Å²) >= 11 is 1.41. The van der Waals surface area contributed by atoms with Gasteiger partial charge in [-0.05, 0) is 24.6 Å². The maximum atomic E-state index is 12.7. The first-order chi connectivity index (χ1) is 15.0. The van der Waals surface area contributed by atoms with Crippen molar-refractivity contribution in [3.63, 3.8) is 0 Å². The molecule has 7 heteroatoms. The van der Waals surface area contributed by atoms with Crippen molar-refractivity contribution >= 4 is 40.8 Å².